The fourth-order valence-corrected chi connectivity index (χ4v) is 4.09. The van der Waals surface area contributed by atoms with Crippen LogP contribution in [-0.4, -0.2) is 20.6 Å². The van der Waals surface area contributed by atoms with E-state index >= 15 is 0 Å². The van der Waals surface area contributed by atoms with Gasteiger partial charge in [0.25, 0.3) is 5.56 Å². The Morgan fingerprint density at radius 2 is 1.96 bits per heavy atom. The molecule has 0 amide bonds. The third-order valence-corrected chi connectivity index (χ3v) is 6.10. The lowest BCUT2D eigenvalue weighted by molar-refractivity contribution is 0.313. The first-order chi connectivity index (χ1) is 12.1. The number of hydrogen-bond acceptors (Lipinski definition) is 5. The summed E-state index contributed by atoms with van der Waals surface area (Å²) in [4.78, 5) is 22.0. The van der Waals surface area contributed by atoms with Gasteiger partial charge in [-0.15, -0.1) is 0 Å². The van der Waals surface area contributed by atoms with Gasteiger partial charge in [-0.3, -0.25) is 9.36 Å². The van der Waals surface area contributed by atoms with E-state index in [2.05, 4.69) is 17.2 Å². The Bertz CT molecular complexity index is 855. The molecule has 2 aromatic rings. The number of pyridine rings is 1. The average molecular weight is 341 g/mol. The molecule has 25 heavy (non-hydrogen) atoms. The number of nitrogens with two attached hydrogens (primary N) is 1. The lowest BCUT2D eigenvalue weighted by Gasteiger charge is -2.31. The Morgan fingerprint density at radius 3 is 2.64 bits per heavy atom. The van der Waals surface area contributed by atoms with Crippen LogP contribution in [0, 0.1) is 12.8 Å². The minimum atomic E-state index is -0.00890. The molecule has 6 heteroatoms. The molecule has 3 N–H and O–H groups in total. The SMILES string of the molecule is Cc1c(N)c2cnc(N[C@H]3CCCC[C@@H]3C)nc2n(C2CCC2)c1=O. The summed E-state index contributed by atoms with van der Waals surface area (Å²) in [5.41, 5.74) is 7.97. The summed E-state index contributed by atoms with van der Waals surface area (Å²) < 4.78 is 1.85. The average Bonchev–Trinajstić information content (AvgIpc) is 2.57. The predicted molar refractivity (Wildman–Crippen MR) is 101 cm³/mol. The van der Waals surface area contributed by atoms with Crippen molar-refractivity contribution in [3.05, 3.63) is 22.1 Å². The molecule has 0 saturated heterocycles. The van der Waals surface area contributed by atoms with Crippen molar-refractivity contribution in [1.29, 1.82) is 0 Å². The highest BCUT2D eigenvalue weighted by Gasteiger charge is 2.26. The van der Waals surface area contributed by atoms with Gasteiger partial charge < -0.3 is 11.1 Å². The van der Waals surface area contributed by atoms with Crippen LogP contribution in [0.15, 0.2) is 11.0 Å². The number of aromatic nitrogens is 3. The van der Waals surface area contributed by atoms with E-state index < -0.39 is 0 Å². The monoisotopic (exact) mass is 341 g/mol. The van der Waals surface area contributed by atoms with Crippen molar-refractivity contribution in [3.8, 4) is 0 Å². The molecule has 134 valence electrons. The van der Waals surface area contributed by atoms with E-state index in [1.165, 1.54) is 19.3 Å². The number of hydrogen-bond donors (Lipinski definition) is 2. The maximum Gasteiger partial charge on any atom is 0.257 e. The van der Waals surface area contributed by atoms with E-state index in [1.54, 1.807) is 13.1 Å². The summed E-state index contributed by atoms with van der Waals surface area (Å²) in [6.45, 7) is 4.08. The first-order valence-corrected chi connectivity index (χ1v) is 9.50. The first-order valence-electron chi connectivity index (χ1n) is 9.50. The molecule has 2 atom stereocenters. The highest BCUT2D eigenvalue weighted by atomic mass is 16.1. The van der Waals surface area contributed by atoms with Gasteiger partial charge in [0.15, 0.2) is 5.65 Å². The smallest absolute Gasteiger partial charge is 0.257 e. The molecule has 0 aromatic carbocycles. The summed E-state index contributed by atoms with van der Waals surface area (Å²) >= 11 is 0. The van der Waals surface area contributed by atoms with Crippen molar-refractivity contribution in [2.45, 2.75) is 70.9 Å². The molecule has 2 aromatic heterocycles. The lowest BCUT2D eigenvalue weighted by atomic mass is 9.86. The van der Waals surface area contributed by atoms with Crippen LogP contribution in [0.25, 0.3) is 11.0 Å². The zero-order chi connectivity index (χ0) is 17.6. The van der Waals surface area contributed by atoms with Crippen LogP contribution in [0.1, 0.15) is 63.5 Å². The molecule has 0 radical (unpaired) electrons. The van der Waals surface area contributed by atoms with Crippen molar-refractivity contribution in [3.63, 3.8) is 0 Å². The lowest BCUT2D eigenvalue weighted by Crippen LogP contribution is -2.33. The third-order valence-electron chi connectivity index (χ3n) is 6.10. The topological polar surface area (TPSA) is 85.8 Å². The van der Waals surface area contributed by atoms with Crippen LogP contribution < -0.4 is 16.6 Å². The minimum absolute atomic E-state index is 0.00890. The normalized spacial score (nSPS) is 24.2. The Morgan fingerprint density at radius 1 is 1.20 bits per heavy atom. The number of anilines is 2. The summed E-state index contributed by atoms with van der Waals surface area (Å²) in [5, 5.41) is 4.28. The summed E-state index contributed by atoms with van der Waals surface area (Å²) in [6, 6.07) is 0.642. The van der Waals surface area contributed by atoms with Gasteiger partial charge in [-0.1, -0.05) is 19.8 Å². The van der Waals surface area contributed by atoms with E-state index in [1.807, 2.05) is 4.57 Å². The van der Waals surface area contributed by atoms with Gasteiger partial charge in [-0.2, -0.15) is 4.98 Å². The fraction of sp³-hybridized carbons (Fsp3) is 0.632. The van der Waals surface area contributed by atoms with Crippen molar-refractivity contribution in [1.82, 2.24) is 14.5 Å². The summed E-state index contributed by atoms with van der Waals surface area (Å²) in [6.07, 6.45) is 9.93. The molecule has 0 bridgehead atoms. The maximum absolute atomic E-state index is 12.8. The first kappa shape index (κ1) is 16.4. The molecule has 0 aliphatic heterocycles. The summed E-state index contributed by atoms with van der Waals surface area (Å²) in [5.74, 6) is 1.23. The molecule has 2 fully saturated rings. The number of fused-ring (bicyclic) bond motifs is 1. The van der Waals surface area contributed by atoms with Crippen LogP contribution in [0.2, 0.25) is 0 Å². The van der Waals surface area contributed by atoms with Crippen molar-refractivity contribution in [2.24, 2.45) is 5.92 Å². The van der Waals surface area contributed by atoms with Crippen LogP contribution >= 0.6 is 0 Å². The number of nitrogens with zero attached hydrogens (tertiary/aromatic N) is 3. The molecule has 2 saturated carbocycles. The van der Waals surface area contributed by atoms with Gasteiger partial charge in [-0.05, 0) is 44.9 Å². The molecule has 2 aliphatic carbocycles. The second-order valence-electron chi connectivity index (χ2n) is 7.74. The Labute approximate surface area is 147 Å². The van der Waals surface area contributed by atoms with Crippen LogP contribution in [-0.2, 0) is 0 Å². The van der Waals surface area contributed by atoms with Gasteiger partial charge in [0.1, 0.15) is 0 Å². The Hall–Kier alpha value is -2.11. The quantitative estimate of drug-likeness (QED) is 0.893. The molecular formula is C19H27N5O. The zero-order valence-corrected chi connectivity index (χ0v) is 15.1. The van der Waals surface area contributed by atoms with Gasteiger partial charge >= 0.3 is 0 Å². The molecule has 6 nitrogen and oxygen atoms in total. The van der Waals surface area contributed by atoms with Gasteiger partial charge in [-0.25, -0.2) is 4.98 Å². The third kappa shape index (κ3) is 2.77. The van der Waals surface area contributed by atoms with E-state index in [-0.39, 0.29) is 11.6 Å². The van der Waals surface area contributed by atoms with Crippen LogP contribution in [0.5, 0.6) is 0 Å². The standard InChI is InChI=1S/C19H27N5O/c1-11-6-3-4-9-15(11)22-19-21-10-14-16(20)12(2)18(25)24(17(14)23-19)13-7-5-8-13/h10-11,13,15H,3-9,20H2,1-2H3,(H,21,22,23)/t11-,15-/m0/s1. The Kier molecular flexibility index (Phi) is 4.13. The van der Waals surface area contributed by atoms with E-state index in [4.69, 9.17) is 10.7 Å². The van der Waals surface area contributed by atoms with Crippen LogP contribution in [0.3, 0.4) is 0 Å². The number of nitrogens with one attached hydrogen (secondary N) is 1. The molecule has 0 spiro atoms. The molecule has 2 heterocycles. The van der Waals surface area contributed by atoms with Crippen LogP contribution in [0.4, 0.5) is 11.6 Å². The van der Waals surface area contributed by atoms with Crippen molar-refractivity contribution in [2.75, 3.05) is 11.1 Å². The van der Waals surface area contributed by atoms with E-state index in [0.29, 0.717) is 34.8 Å². The minimum Gasteiger partial charge on any atom is -0.398 e. The van der Waals surface area contributed by atoms with E-state index in [0.717, 1.165) is 31.1 Å². The number of rotatable bonds is 3. The van der Waals surface area contributed by atoms with Gasteiger partial charge in [0, 0.05) is 23.8 Å². The molecular weight excluding hydrogens is 314 g/mol. The van der Waals surface area contributed by atoms with Gasteiger partial charge in [0.05, 0.1) is 11.1 Å². The highest BCUT2D eigenvalue weighted by Crippen LogP contribution is 2.34. The van der Waals surface area contributed by atoms with Gasteiger partial charge in [0.2, 0.25) is 5.95 Å². The molecule has 4 rings (SSSR count). The van der Waals surface area contributed by atoms with Crippen molar-refractivity contribution >= 4 is 22.7 Å². The largest absolute Gasteiger partial charge is 0.398 e. The summed E-state index contributed by atoms with van der Waals surface area (Å²) in [7, 11) is 0. The predicted octanol–water partition coefficient (Wildman–Crippen LogP) is 3.40. The fourth-order valence-electron chi connectivity index (χ4n) is 4.09. The second kappa shape index (κ2) is 6.32. The second-order valence-corrected chi connectivity index (χ2v) is 7.74. The number of nitrogen functional groups attached to an aromatic ring is 1. The highest BCUT2D eigenvalue weighted by molar-refractivity contribution is 5.89. The molecule has 2 aliphatic rings. The van der Waals surface area contributed by atoms with E-state index in [9.17, 15) is 4.79 Å². The Balaban J connectivity index is 1.78. The van der Waals surface area contributed by atoms with Crippen molar-refractivity contribution < 1.29 is 0 Å². The zero-order valence-electron chi connectivity index (χ0n) is 15.1. The maximum atomic E-state index is 12.8. The molecule has 0 unspecified atom stereocenters.